The van der Waals surface area contributed by atoms with Gasteiger partial charge in [0.25, 0.3) is 0 Å². The molecule has 4 unspecified atom stereocenters. The quantitative estimate of drug-likeness (QED) is 0.841. The first-order valence-electron chi connectivity index (χ1n) is 8.68. The highest BCUT2D eigenvalue weighted by Gasteiger charge is 2.49. The Morgan fingerprint density at radius 3 is 2.53 bits per heavy atom. The summed E-state index contributed by atoms with van der Waals surface area (Å²) in [5.41, 5.74) is 6.69. The fourth-order valence-corrected chi connectivity index (χ4v) is 5.21. The Hall–Kier alpha value is -0.0800. The van der Waals surface area contributed by atoms with Gasteiger partial charge in [-0.05, 0) is 63.7 Å². The standard InChI is InChI=1S/C17H32N2/c1-3-16-9-6-13(2)19(16)17(12-18)10-4-5-15(11-17)14-7-8-14/h13-16H,3-12,18H2,1-2H3. The molecule has 2 nitrogen and oxygen atoms in total. The molecule has 0 aromatic carbocycles. The molecular formula is C17H32N2. The first-order valence-corrected chi connectivity index (χ1v) is 8.68. The third kappa shape index (κ3) is 2.47. The van der Waals surface area contributed by atoms with Crippen molar-refractivity contribution in [1.82, 2.24) is 4.90 Å². The van der Waals surface area contributed by atoms with Gasteiger partial charge in [-0.2, -0.15) is 0 Å². The number of rotatable bonds is 4. The number of nitrogens with zero attached hydrogens (tertiary/aromatic N) is 1. The zero-order valence-electron chi connectivity index (χ0n) is 12.9. The third-order valence-corrected chi connectivity index (χ3v) is 6.33. The van der Waals surface area contributed by atoms with Crippen molar-refractivity contribution in [3.8, 4) is 0 Å². The Balaban J connectivity index is 1.80. The van der Waals surface area contributed by atoms with Crippen LogP contribution in [0.4, 0.5) is 0 Å². The van der Waals surface area contributed by atoms with Gasteiger partial charge in [-0.25, -0.2) is 0 Å². The molecule has 0 amide bonds. The van der Waals surface area contributed by atoms with E-state index in [0.29, 0.717) is 5.54 Å². The van der Waals surface area contributed by atoms with Crippen LogP contribution in [0.1, 0.15) is 71.6 Å². The molecule has 2 saturated carbocycles. The predicted molar refractivity (Wildman–Crippen MR) is 81.1 cm³/mol. The van der Waals surface area contributed by atoms with Crippen molar-refractivity contribution in [2.24, 2.45) is 17.6 Å². The van der Waals surface area contributed by atoms with Crippen LogP contribution in [-0.2, 0) is 0 Å². The molecule has 3 aliphatic rings. The molecule has 3 fully saturated rings. The second-order valence-corrected chi connectivity index (χ2v) is 7.52. The summed E-state index contributed by atoms with van der Waals surface area (Å²) >= 11 is 0. The van der Waals surface area contributed by atoms with Crippen molar-refractivity contribution in [2.75, 3.05) is 6.54 Å². The monoisotopic (exact) mass is 264 g/mol. The summed E-state index contributed by atoms with van der Waals surface area (Å²) in [7, 11) is 0. The van der Waals surface area contributed by atoms with Gasteiger partial charge in [0.15, 0.2) is 0 Å². The molecule has 0 spiro atoms. The minimum Gasteiger partial charge on any atom is -0.329 e. The fraction of sp³-hybridized carbons (Fsp3) is 1.00. The second-order valence-electron chi connectivity index (χ2n) is 7.52. The van der Waals surface area contributed by atoms with Crippen LogP contribution < -0.4 is 5.73 Å². The van der Waals surface area contributed by atoms with Gasteiger partial charge in [-0.3, -0.25) is 4.90 Å². The van der Waals surface area contributed by atoms with Gasteiger partial charge in [-0.1, -0.05) is 19.8 Å². The molecule has 4 atom stereocenters. The summed E-state index contributed by atoms with van der Waals surface area (Å²) in [4.78, 5) is 2.88. The Morgan fingerprint density at radius 2 is 1.89 bits per heavy atom. The first-order chi connectivity index (χ1) is 9.20. The summed E-state index contributed by atoms with van der Waals surface area (Å²) in [6, 6.07) is 1.56. The topological polar surface area (TPSA) is 29.3 Å². The van der Waals surface area contributed by atoms with Crippen molar-refractivity contribution < 1.29 is 0 Å². The van der Waals surface area contributed by atoms with Gasteiger partial charge in [-0.15, -0.1) is 0 Å². The summed E-state index contributed by atoms with van der Waals surface area (Å²) in [5.74, 6) is 2.05. The summed E-state index contributed by atoms with van der Waals surface area (Å²) in [6.07, 6.45) is 12.7. The normalized spacial score (nSPS) is 44.7. The van der Waals surface area contributed by atoms with E-state index < -0.39 is 0 Å². The molecule has 2 aliphatic carbocycles. The molecule has 0 aromatic rings. The van der Waals surface area contributed by atoms with E-state index in [1.165, 1.54) is 57.8 Å². The van der Waals surface area contributed by atoms with Crippen LogP contribution in [0.2, 0.25) is 0 Å². The largest absolute Gasteiger partial charge is 0.329 e. The van der Waals surface area contributed by atoms with Crippen molar-refractivity contribution >= 4 is 0 Å². The first kappa shape index (κ1) is 13.9. The van der Waals surface area contributed by atoms with E-state index in [1.54, 1.807) is 0 Å². The van der Waals surface area contributed by atoms with Crippen LogP contribution in [0.15, 0.2) is 0 Å². The smallest absolute Gasteiger partial charge is 0.0340 e. The third-order valence-electron chi connectivity index (χ3n) is 6.33. The Bertz CT molecular complexity index is 312. The maximum absolute atomic E-state index is 6.34. The van der Waals surface area contributed by atoms with Crippen LogP contribution in [-0.4, -0.2) is 29.1 Å². The molecule has 1 aliphatic heterocycles. The second kappa shape index (κ2) is 5.37. The zero-order valence-corrected chi connectivity index (χ0v) is 12.9. The summed E-state index contributed by atoms with van der Waals surface area (Å²) in [5, 5.41) is 0. The number of nitrogens with two attached hydrogens (primary N) is 1. The van der Waals surface area contributed by atoms with Crippen molar-refractivity contribution in [2.45, 2.75) is 89.3 Å². The molecule has 1 saturated heterocycles. The average molecular weight is 264 g/mol. The van der Waals surface area contributed by atoms with E-state index in [9.17, 15) is 0 Å². The number of hydrogen-bond acceptors (Lipinski definition) is 2. The SMILES string of the molecule is CCC1CCC(C)N1C1(CN)CCCC(C2CC2)C1. The van der Waals surface area contributed by atoms with E-state index in [0.717, 1.165) is 30.5 Å². The molecule has 110 valence electrons. The summed E-state index contributed by atoms with van der Waals surface area (Å²) < 4.78 is 0. The highest BCUT2D eigenvalue weighted by atomic mass is 15.3. The van der Waals surface area contributed by atoms with Crippen molar-refractivity contribution in [3.63, 3.8) is 0 Å². The van der Waals surface area contributed by atoms with Crippen LogP contribution in [0.3, 0.4) is 0 Å². The minimum absolute atomic E-state index is 0.349. The van der Waals surface area contributed by atoms with Crippen molar-refractivity contribution in [3.05, 3.63) is 0 Å². The molecule has 19 heavy (non-hydrogen) atoms. The zero-order chi connectivity index (χ0) is 13.5. The average Bonchev–Trinajstić information content (AvgIpc) is 3.22. The molecule has 3 rings (SSSR count). The molecule has 2 N–H and O–H groups in total. The lowest BCUT2D eigenvalue weighted by atomic mass is 9.72. The van der Waals surface area contributed by atoms with Gasteiger partial charge < -0.3 is 5.73 Å². The summed E-state index contributed by atoms with van der Waals surface area (Å²) in [6.45, 7) is 5.69. The minimum atomic E-state index is 0.349. The van der Waals surface area contributed by atoms with Gasteiger partial charge in [0.1, 0.15) is 0 Å². The Kier molecular flexibility index (Phi) is 3.92. The molecule has 0 radical (unpaired) electrons. The van der Waals surface area contributed by atoms with E-state index in [2.05, 4.69) is 18.7 Å². The molecule has 2 heteroatoms. The van der Waals surface area contributed by atoms with E-state index in [4.69, 9.17) is 5.73 Å². The molecule has 1 heterocycles. The van der Waals surface area contributed by atoms with Crippen molar-refractivity contribution in [1.29, 1.82) is 0 Å². The van der Waals surface area contributed by atoms with Crippen LogP contribution >= 0.6 is 0 Å². The molecular weight excluding hydrogens is 232 g/mol. The molecule has 0 bridgehead atoms. The van der Waals surface area contributed by atoms with Gasteiger partial charge in [0.2, 0.25) is 0 Å². The lowest BCUT2D eigenvalue weighted by Crippen LogP contribution is -2.60. The Morgan fingerprint density at radius 1 is 1.11 bits per heavy atom. The van der Waals surface area contributed by atoms with Crippen LogP contribution in [0.25, 0.3) is 0 Å². The van der Waals surface area contributed by atoms with Gasteiger partial charge in [0, 0.05) is 24.2 Å². The fourth-order valence-electron chi connectivity index (χ4n) is 5.21. The highest BCUT2D eigenvalue weighted by molar-refractivity contribution is 5.04. The van der Waals surface area contributed by atoms with Crippen LogP contribution in [0, 0.1) is 11.8 Å². The van der Waals surface area contributed by atoms with Gasteiger partial charge >= 0.3 is 0 Å². The highest BCUT2D eigenvalue weighted by Crippen LogP contribution is 2.50. The lowest BCUT2D eigenvalue weighted by molar-refractivity contribution is -0.00354. The Labute approximate surface area is 119 Å². The van der Waals surface area contributed by atoms with E-state index in [1.807, 2.05) is 0 Å². The molecule has 0 aromatic heterocycles. The predicted octanol–water partition coefficient (Wildman–Crippen LogP) is 3.55. The maximum atomic E-state index is 6.34. The lowest BCUT2D eigenvalue weighted by Gasteiger charge is -2.51. The number of hydrogen-bond donors (Lipinski definition) is 1. The van der Waals surface area contributed by atoms with E-state index in [-0.39, 0.29) is 0 Å². The van der Waals surface area contributed by atoms with Crippen LogP contribution in [0.5, 0.6) is 0 Å². The maximum Gasteiger partial charge on any atom is 0.0340 e. The number of likely N-dealkylation sites (tertiary alicyclic amines) is 1. The van der Waals surface area contributed by atoms with E-state index >= 15 is 0 Å². The van der Waals surface area contributed by atoms with Gasteiger partial charge in [0.05, 0.1) is 0 Å².